The highest BCUT2D eigenvalue weighted by atomic mass is 14.4. The van der Waals surface area contributed by atoms with Crippen LogP contribution in [0.2, 0.25) is 0 Å². The molecule has 15 heavy (non-hydrogen) atoms. The minimum absolute atomic E-state index is 0.140. The first-order valence-electron chi connectivity index (χ1n) is 5.32. The maximum absolute atomic E-state index is 3.17. The van der Waals surface area contributed by atoms with E-state index >= 15 is 0 Å². The minimum atomic E-state index is 0.140. The van der Waals surface area contributed by atoms with E-state index in [0.717, 1.165) is 0 Å². The van der Waals surface area contributed by atoms with E-state index in [-0.39, 0.29) is 5.41 Å². The monoisotopic (exact) mass is 193 g/mol. The van der Waals surface area contributed by atoms with Crippen molar-refractivity contribution in [3.63, 3.8) is 0 Å². The second-order valence-electron chi connectivity index (χ2n) is 4.64. The molecule has 0 aromatic heterocycles. The molecule has 2 aromatic rings. The molecule has 0 N–H and O–H groups in total. The summed E-state index contributed by atoms with van der Waals surface area (Å²) in [6.45, 7) is 4.58. The zero-order chi connectivity index (χ0) is 10.5. The van der Waals surface area contributed by atoms with Crippen LogP contribution in [0.4, 0.5) is 0 Å². The second-order valence-corrected chi connectivity index (χ2v) is 4.64. The predicted octanol–water partition coefficient (Wildman–Crippen LogP) is 3.79. The Morgan fingerprint density at radius 3 is 2.53 bits per heavy atom. The van der Waals surface area contributed by atoms with E-state index in [1.165, 1.54) is 22.3 Å². The van der Waals surface area contributed by atoms with Gasteiger partial charge in [0, 0.05) is 5.41 Å². The summed E-state index contributed by atoms with van der Waals surface area (Å²) in [5.41, 5.74) is 5.70. The third-order valence-corrected chi connectivity index (χ3v) is 3.43. The van der Waals surface area contributed by atoms with E-state index in [0.29, 0.717) is 0 Å². The van der Waals surface area contributed by atoms with Crippen molar-refractivity contribution in [2.75, 3.05) is 0 Å². The molecule has 0 atom stereocenters. The highest BCUT2D eigenvalue weighted by Crippen LogP contribution is 2.47. The third-order valence-electron chi connectivity index (χ3n) is 3.43. The molecule has 1 radical (unpaired) electrons. The summed E-state index contributed by atoms with van der Waals surface area (Å²) in [5, 5.41) is 0. The van der Waals surface area contributed by atoms with Gasteiger partial charge in [-0.15, -0.1) is 0 Å². The molecule has 0 fully saturated rings. The second kappa shape index (κ2) is 2.73. The lowest BCUT2D eigenvalue weighted by Gasteiger charge is -2.20. The Labute approximate surface area is 90.6 Å². The Bertz CT molecular complexity index is 474. The molecular weight excluding hydrogens is 180 g/mol. The summed E-state index contributed by atoms with van der Waals surface area (Å²) in [6, 6.07) is 18.1. The Hall–Kier alpha value is -1.56. The van der Waals surface area contributed by atoms with Gasteiger partial charge in [0.05, 0.1) is 0 Å². The van der Waals surface area contributed by atoms with Crippen molar-refractivity contribution >= 4 is 0 Å². The highest BCUT2D eigenvalue weighted by Gasteiger charge is 2.34. The number of rotatable bonds is 0. The maximum Gasteiger partial charge on any atom is 0.0158 e. The first-order valence-corrected chi connectivity index (χ1v) is 5.32. The van der Waals surface area contributed by atoms with Crippen molar-refractivity contribution in [2.24, 2.45) is 0 Å². The molecule has 0 saturated carbocycles. The topological polar surface area (TPSA) is 0 Å². The SMILES string of the molecule is CC1(C)c2cc[c]cc2-c2ccccc21. The van der Waals surface area contributed by atoms with Gasteiger partial charge in [-0.1, -0.05) is 50.2 Å². The van der Waals surface area contributed by atoms with Gasteiger partial charge >= 0.3 is 0 Å². The Morgan fingerprint density at radius 1 is 0.933 bits per heavy atom. The Kier molecular flexibility index (Phi) is 1.59. The fourth-order valence-electron chi connectivity index (χ4n) is 2.61. The van der Waals surface area contributed by atoms with Crippen molar-refractivity contribution in [1.82, 2.24) is 0 Å². The molecule has 0 amide bonds. The van der Waals surface area contributed by atoms with Gasteiger partial charge in [0.25, 0.3) is 0 Å². The summed E-state index contributed by atoms with van der Waals surface area (Å²) in [4.78, 5) is 0. The molecular formula is C15H13. The average Bonchev–Trinajstić information content (AvgIpc) is 2.51. The van der Waals surface area contributed by atoms with Gasteiger partial charge in [0.15, 0.2) is 0 Å². The molecule has 0 spiro atoms. The van der Waals surface area contributed by atoms with Crippen LogP contribution >= 0.6 is 0 Å². The van der Waals surface area contributed by atoms with Gasteiger partial charge in [-0.05, 0) is 34.4 Å². The maximum atomic E-state index is 3.17. The summed E-state index contributed by atoms with van der Waals surface area (Å²) >= 11 is 0. The van der Waals surface area contributed by atoms with Gasteiger partial charge in [0.2, 0.25) is 0 Å². The highest BCUT2D eigenvalue weighted by molar-refractivity contribution is 5.80. The largest absolute Gasteiger partial charge is 0.0619 e. The van der Waals surface area contributed by atoms with Gasteiger partial charge in [-0.25, -0.2) is 0 Å². The van der Waals surface area contributed by atoms with Crippen LogP contribution in [0.25, 0.3) is 11.1 Å². The van der Waals surface area contributed by atoms with Gasteiger partial charge in [0.1, 0.15) is 0 Å². The lowest BCUT2D eigenvalue weighted by Crippen LogP contribution is -2.14. The lowest BCUT2D eigenvalue weighted by molar-refractivity contribution is 0.660. The van der Waals surface area contributed by atoms with Crippen LogP contribution in [0.5, 0.6) is 0 Å². The molecule has 1 aliphatic carbocycles. The van der Waals surface area contributed by atoms with E-state index in [1.54, 1.807) is 0 Å². The molecule has 73 valence electrons. The number of hydrogen-bond donors (Lipinski definition) is 0. The molecule has 0 nitrogen and oxygen atoms in total. The van der Waals surface area contributed by atoms with E-state index < -0.39 is 0 Å². The molecule has 0 aliphatic heterocycles. The van der Waals surface area contributed by atoms with Crippen molar-refractivity contribution in [1.29, 1.82) is 0 Å². The smallest absolute Gasteiger partial charge is 0.0158 e. The van der Waals surface area contributed by atoms with E-state index in [4.69, 9.17) is 0 Å². The summed E-state index contributed by atoms with van der Waals surface area (Å²) < 4.78 is 0. The van der Waals surface area contributed by atoms with Crippen molar-refractivity contribution < 1.29 is 0 Å². The molecule has 0 unspecified atom stereocenters. The number of hydrogen-bond acceptors (Lipinski definition) is 0. The molecule has 0 heterocycles. The Morgan fingerprint density at radius 2 is 1.67 bits per heavy atom. The summed E-state index contributed by atoms with van der Waals surface area (Å²) in [5.74, 6) is 0. The molecule has 3 rings (SSSR count). The first-order chi connectivity index (χ1) is 7.21. The van der Waals surface area contributed by atoms with Crippen LogP contribution in [0.3, 0.4) is 0 Å². The standard InChI is InChI=1S/C15H13/c1-15(2)13-9-5-3-7-11(13)12-8-4-6-10-14(12)15/h3,5-10H,1-2H3. The van der Waals surface area contributed by atoms with E-state index in [2.05, 4.69) is 56.3 Å². The minimum Gasteiger partial charge on any atom is -0.0619 e. The molecule has 0 saturated heterocycles. The van der Waals surface area contributed by atoms with Crippen LogP contribution in [0, 0.1) is 6.07 Å². The summed E-state index contributed by atoms with van der Waals surface area (Å²) in [7, 11) is 0. The van der Waals surface area contributed by atoms with E-state index in [9.17, 15) is 0 Å². The van der Waals surface area contributed by atoms with Gasteiger partial charge in [-0.3, -0.25) is 0 Å². The van der Waals surface area contributed by atoms with Crippen LogP contribution in [0.1, 0.15) is 25.0 Å². The van der Waals surface area contributed by atoms with Gasteiger partial charge < -0.3 is 0 Å². The predicted molar refractivity (Wildman–Crippen MR) is 62.8 cm³/mol. The normalized spacial score (nSPS) is 15.9. The number of fused-ring (bicyclic) bond motifs is 3. The zero-order valence-corrected chi connectivity index (χ0v) is 9.04. The molecule has 0 heteroatoms. The number of benzene rings is 2. The third kappa shape index (κ3) is 1.02. The quantitative estimate of drug-likeness (QED) is 0.597. The zero-order valence-electron chi connectivity index (χ0n) is 9.04. The van der Waals surface area contributed by atoms with Crippen molar-refractivity contribution in [3.8, 4) is 11.1 Å². The Balaban J connectivity index is 2.42. The first kappa shape index (κ1) is 8.72. The summed E-state index contributed by atoms with van der Waals surface area (Å²) in [6.07, 6.45) is 0. The molecule has 2 aromatic carbocycles. The van der Waals surface area contributed by atoms with Crippen molar-refractivity contribution in [2.45, 2.75) is 19.3 Å². The lowest BCUT2D eigenvalue weighted by atomic mass is 9.82. The molecule has 1 aliphatic rings. The van der Waals surface area contributed by atoms with Crippen LogP contribution in [-0.4, -0.2) is 0 Å². The van der Waals surface area contributed by atoms with Crippen molar-refractivity contribution in [3.05, 3.63) is 59.7 Å². The van der Waals surface area contributed by atoms with E-state index in [1.807, 2.05) is 6.07 Å². The molecule has 0 bridgehead atoms. The fraction of sp³-hybridized carbons (Fsp3) is 0.200. The average molecular weight is 193 g/mol. The van der Waals surface area contributed by atoms with Gasteiger partial charge in [-0.2, -0.15) is 0 Å². The fourth-order valence-corrected chi connectivity index (χ4v) is 2.61. The van der Waals surface area contributed by atoms with Crippen LogP contribution < -0.4 is 0 Å². The van der Waals surface area contributed by atoms with Crippen LogP contribution in [-0.2, 0) is 5.41 Å². The van der Waals surface area contributed by atoms with Crippen LogP contribution in [0.15, 0.2) is 42.5 Å².